The Morgan fingerprint density at radius 1 is 1.23 bits per heavy atom. The number of nitrogens with one attached hydrogen (secondary N) is 2. The molecule has 0 unspecified atom stereocenters. The third kappa shape index (κ3) is 3.69. The number of nitrogens with zero attached hydrogens (tertiary/aromatic N) is 1. The number of primary amides is 1. The van der Waals surface area contributed by atoms with Gasteiger partial charge in [0.2, 0.25) is 5.43 Å². The van der Waals surface area contributed by atoms with Crippen molar-refractivity contribution in [2.45, 2.75) is 6.54 Å². The Balaban J connectivity index is 1.97. The number of nitrogens with two attached hydrogens (primary N) is 1. The third-order valence-electron chi connectivity index (χ3n) is 4.90. The van der Waals surface area contributed by atoms with Gasteiger partial charge in [0.25, 0.3) is 5.91 Å². The standard InChI is InChI=1S/C23H20N4O3S/c1-30-15-10-8-14(9-11-15)13-26-22-16(5-4-12-24)20(28)19(21(25)29)23-27(22)17-6-2-3-7-18(17)31-23/h2-12,24,26H,13H2,1H3,(H2,25,29)/b5-4-,24-12?. The number of rotatable bonds is 7. The van der Waals surface area contributed by atoms with Crippen molar-refractivity contribution in [2.75, 3.05) is 12.4 Å². The second-order valence-corrected chi connectivity index (χ2v) is 7.80. The molecular formula is C23H20N4O3S. The normalized spacial score (nSPS) is 11.3. The molecule has 7 nitrogen and oxygen atoms in total. The van der Waals surface area contributed by atoms with E-state index in [0.29, 0.717) is 17.2 Å². The smallest absolute Gasteiger partial charge is 0.255 e. The minimum Gasteiger partial charge on any atom is -0.497 e. The summed E-state index contributed by atoms with van der Waals surface area (Å²) in [5, 5.41) is 10.7. The summed E-state index contributed by atoms with van der Waals surface area (Å²) in [6.07, 6.45) is 4.05. The van der Waals surface area contributed by atoms with Crippen LogP contribution in [0, 0.1) is 5.41 Å². The second kappa shape index (κ2) is 8.45. The second-order valence-electron chi connectivity index (χ2n) is 6.77. The van der Waals surface area contributed by atoms with Crippen LogP contribution in [0.1, 0.15) is 21.5 Å². The average Bonchev–Trinajstić information content (AvgIpc) is 3.15. The van der Waals surface area contributed by atoms with Crippen LogP contribution in [0.15, 0.2) is 59.4 Å². The number of thiazole rings is 1. The number of hydrogen-bond acceptors (Lipinski definition) is 6. The molecule has 4 aromatic rings. The van der Waals surface area contributed by atoms with Gasteiger partial charge in [0.05, 0.1) is 22.9 Å². The zero-order valence-corrected chi connectivity index (χ0v) is 17.5. The highest BCUT2D eigenvalue weighted by molar-refractivity contribution is 7.24. The van der Waals surface area contributed by atoms with Crippen LogP contribution in [-0.2, 0) is 6.54 Å². The van der Waals surface area contributed by atoms with E-state index in [1.807, 2.05) is 52.9 Å². The molecule has 0 saturated carbocycles. The Kier molecular flexibility index (Phi) is 5.55. The minimum absolute atomic E-state index is 0.0548. The number of pyridine rings is 1. The highest BCUT2D eigenvalue weighted by Gasteiger charge is 2.22. The number of carbonyl (C=O) groups excluding carboxylic acids is 1. The van der Waals surface area contributed by atoms with Crippen LogP contribution in [0.25, 0.3) is 21.1 Å². The van der Waals surface area contributed by atoms with E-state index in [0.717, 1.165) is 27.7 Å². The molecule has 31 heavy (non-hydrogen) atoms. The summed E-state index contributed by atoms with van der Waals surface area (Å²) in [6, 6.07) is 15.3. The van der Waals surface area contributed by atoms with Crippen LogP contribution in [0.5, 0.6) is 5.75 Å². The average molecular weight is 433 g/mol. The number of anilines is 1. The zero-order chi connectivity index (χ0) is 22.0. The molecule has 0 aliphatic rings. The van der Waals surface area contributed by atoms with Gasteiger partial charge >= 0.3 is 0 Å². The zero-order valence-electron chi connectivity index (χ0n) is 16.7. The molecule has 0 fully saturated rings. The van der Waals surface area contributed by atoms with E-state index < -0.39 is 11.3 Å². The van der Waals surface area contributed by atoms with Gasteiger partial charge < -0.3 is 21.2 Å². The van der Waals surface area contributed by atoms with E-state index in [2.05, 4.69) is 5.32 Å². The van der Waals surface area contributed by atoms with Crippen molar-refractivity contribution < 1.29 is 9.53 Å². The molecule has 0 radical (unpaired) electrons. The first-order chi connectivity index (χ1) is 15.0. The fraction of sp³-hybridized carbons (Fsp3) is 0.0870. The van der Waals surface area contributed by atoms with Crippen LogP contribution in [0.2, 0.25) is 0 Å². The number of benzene rings is 2. The number of carbonyl (C=O) groups is 1. The fourth-order valence-corrected chi connectivity index (χ4v) is 4.65. The Hall–Kier alpha value is -3.91. The third-order valence-corrected chi connectivity index (χ3v) is 6.05. The summed E-state index contributed by atoms with van der Waals surface area (Å²) in [5.41, 5.74) is 7.19. The molecule has 0 atom stereocenters. The van der Waals surface area contributed by atoms with Crippen LogP contribution in [0.4, 0.5) is 5.82 Å². The van der Waals surface area contributed by atoms with Gasteiger partial charge in [0, 0.05) is 12.8 Å². The summed E-state index contributed by atoms with van der Waals surface area (Å²) in [5.74, 6) is 0.517. The van der Waals surface area contributed by atoms with Crippen molar-refractivity contribution in [1.82, 2.24) is 4.40 Å². The lowest BCUT2D eigenvalue weighted by molar-refractivity contribution is 0.100. The number of allylic oxidation sites excluding steroid dienone is 1. The molecule has 2 aromatic carbocycles. The summed E-state index contributed by atoms with van der Waals surface area (Å²) >= 11 is 1.34. The Labute approximate surface area is 181 Å². The van der Waals surface area contributed by atoms with E-state index >= 15 is 0 Å². The van der Waals surface area contributed by atoms with Crippen molar-refractivity contribution in [3.05, 3.63) is 81.5 Å². The van der Waals surface area contributed by atoms with E-state index in [1.54, 1.807) is 7.11 Å². The SMILES string of the molecule is COc1ccc(CNc2c(/C=C\C=N)c(=O)c(C(N)=O)c3sc4ccccc4n23)cc1. The maximum absolute atomic E-state index is 13.2. The molecule has 0 aliphatic heterocycles. The van der Waals surface area contributed by atoms with Crippen LogP contribution < -0.4 is 21.2 Å². The van der Waals surface area contributed by atoms with Gasteiger partial charge in [-0.15, -0.1) is 11.3 Å². The summed E-state index contributed by atoms with van der Waals surface area (Å²) < 4.78 is 7.98. The fourth-order valence-electron chi connectivity index (χ4n) is 3.45. The number of para-hydroxylation sites is 1. The lowest BCUT2D eigenvalue weighted by atomic mass is 10.1. The number of amides is 1. The number of aromatic nitrogens is 1. The Bertz CT molecular complexity index is 1380. The molecular weight excluding hydrogens is 412 g/mol. The minimum atomic E-state index is -0.778. The van der Waals surface area contributed by atoms with Crippen LogP contribution in [-0.4, -0.2) is 23.6 Å². The molecule has 8 heteroatoms. The first-order valence-electron chi connectivity index (χ1n) is 9.49. The van der Waals surface area contributed by atoms with Gasteiger partial charge in [0.15, 0.2) is 0 Å². The summed E-state index contributed by atoms with van der Waals surface area (Å²) in [7, 11) is 1.61. The largest absolute Gasteiger partial charge is 0.497 e. The molecule has 1 amide bonds. The molecule has 2 aromatic heterocycles. The maximum Gasteiger partial charge on any atom is 0.255 e. The lowest BCUT2D eigenvalue weighted by Crippen LogP contribution is -2.26. The number of hydrogen-bond donors (Lipinski definition) is 3. The quantitative estimate of drug-likeness (QED) is 0.385. The van der Waals surface area contributed by atoms with Crippen molar-refractivity contribution in [1.29, 1.82) is 5.41 Å². The van der Waals surface area contributed by atoms with E-state index in [1.165, 1.54) is 23.5 Å². The van der Waals surface area contributed by atoms with E-state index in [9.17, 15) is 9.59 Å². The summed E-state index contributed by atoms with van der Waals surface area (Å²) in [6.45, 7) is 0.442. The summed E-state index contributed by atoms with van der Waals surface area (Å²) in [4.78, 5) is 25.9. The highest BCUT2D eigenvalue weighted by Crippen LogP contribution is 2.32. The molecule has 0 aliphatic carbocycles. The molecule has 2 heterocycles. The molecule has 4 N–H and O–H groups in total. The molecule has 0 bridgehead atoms. The number of methoxy groups -OCH3 is 1. The first kappa shape index (κ1) is 20.4. The first-order valence-corrected chi connectivity index (χ1v) is 10.3. The van der Waals surface area contributed by atoms with Crippen molar-refractivity contribution in [3.63, 3.8) is 0 Å². The number of fused-ring (bicyclic) bond motifs is 3. The van der Waals surface area contributed by atoms with Crippen molar-refractivity contribution in [3.8, 4) is 5.75 Å². The highest BCUT2D eigenvalue weighted by atomic mass is 32.1. The molecule has 156 valence electrons. The molecule has 0 spiro atoms. The van der Waals surface area contributed by atoms with E-state index in [-0.39, 0.29) is 11.1 Å². The Morgan fingerprint density at radius 3 is 2.65 bits per heavy atom. The predicted molar refractivity (Wildman–Crippen MR) is 126 cm³/mol. The molecule has 0 saturated heterocycles. The maximum atomic E-state index is 13.2. The van der Waals surface area contributed by atoms with Gasteiger partial charge in [0.1, 0.15) is 22.0 Å². The predicted octanol–water partition coefficient (Wildman–Crippen LogP) is 3.90. The topological polar surface area (TPSA) is 110 Å². The van der Waals surface area contributed by atoms with Crippen LogP contribution >= 0.6 is 11.3 Å². The van der Waals surface area contributed by atoms with E-state index in [4.69, 9.17) is 15.9 Å². The van der Waals surface area contributed by atoms with Gasteiger partial charge in [-0.25, -0.2) is 0 Å². The van der Waals surface area contributed by atoms with Gasteiger partial charge in [-0.05, 0) is 42.0 Å². The molecule has 4 rings (SSSR count). The Morgan fingerprint density at radius 2 is 1.97 bits per heavy atom. The number of ether oxygens (including phenoxy) is 1. The van der Waals surface area contributed by atoms with Gasteiger partial charge in [-0.2, -0.15) is 0 Å². The lowest BCUT2D eigenvalue weighted by Gasteiger charge is -2.15. The monoisotopic (exact) mass is 432 g/mol. The van der Waals surface area contributed by atoms with Crippen molar-refractivity contribution in [2.24, 2.45) is 5.73 Å². The van der Waals surface area contributed by atoms with Crippen molar-refractivity contribution >= 4 is 50.4 Å². The van der Waals surface area contributed by atoms with Gasteiger partial charge in [-0.1, -0.05) is 24.3 Å². The van der Waals surface area contributed by atoms with Gasteiger partial charge in [-0.3, -0.25) is 14.0 Å². The van der Waals surface area contributed by atoms with Crippen LogP contribution in [0.3, 0.4) is 0 Å².